The van der Waals surface area contributed by atoms with Crippen LogP contribution in [0.3, 0.4) is 0 Å². The van der Waals surface area contributed by atoms with Crippen molar-refractivity contribution < 1.29 is 0 Å². The Bertz CT molecular complexity index is 310. The molecule has 1 aromatic carbocycles. The maximum absolute atomic E-state index is 6.92. The fourth-order valence-corrected chi connectivity index (χ4v) is 1.07. The average Bonchev–Trinajstić information content (AvgIpc) is 2.16. The molecule has 1 rings (SSSR count). The van der Waals surface area contributed by atoms with Gasteiger partial charge >= 0.3 is 0 Å². The van der Waals surface area contributed by atoms with Crippen LogP contribution in [0.5, 0.6) is 0 Å². The standard InChI is InChI=1S/C10H9NS/c11-7-10(8-12)6-9-4-2-1-3-5-9/h1-5,8,11H,6H2. The number of hydrogen-bond donors (Lipinski definition) is 1. The molecule has 0 aliphatic rings. The lowest BCUT2D eigenvalue weighted by atomic mass is 10.1. The molecule has 0 fully saturated rings. The molecule has 2 heteroatoms. The van der Waals surface area contributed by atoms with Crippen molar-refractivity contribution in [1.82, 2.24) is 0 Å². The minimum absolute atomic E-state index is 0.702. The molecule has 1 nitrogen and oxygen atoms in total. The average molecular weight is 175 g/mol. The van der Waals surface area contributed by atoms with Crippen LogP contribution >= 0.6 is 12.2 Å². The fourth-order valence-electron chi connectivity index (χ4n) is 0.931. The molecule has 0 aromatic heterocycles. The molecular formula is C10H9NS. The molecule has 1 N–H and O–H groups in total. The van der Waals surface area contributed by atoms with E-state index in [1.165, 1.54) is 5.37 Å². The fraction of sp³-hybridized carbons (Fsp3) is 0.100. The van der Waals surface area contributed by atoms with Gasteiger partial charge in [-0.05, 0) is 11.4 Å². The molecule has 0 spiro atoms. The summed E-state index contributed by atoms with van der Waals surface area (Å²) in [7, 11) is 0. The van der Waals surface area contributed by atoms with E-state index in [0.29, 0.717) is 6.42 Å². The van der Waals surface area contributed by atoms with Crippen LogP contribution < -0.4 is 0 Å². The van der Waals surface area contributed by atoms with Gasteiger partial charge in [0.1, 0.15) is 0 Å². The van der Waals surface area contributed by atoms with Crippen LogP contribution in [0.2, 0.25) is 0 Å². The highest BCUT2D eigenvalue weighted by atomic mass is 32.1. The zero-order valence-electron chi connectivity index (χ0n) is 6.58. The van der Waals surface area contributed by atoms with Crippen molar-refractivity contribution in [3.05, 3.63) is 41.5 Å². The molecule has 0 bridgehead atoms. The van der Waals surface area contributed by atoms with Gasteiger partial charge in [-0.1, -0.05) is 42.5 Å². The van der Waals surface area contributed by atoms with Crippen molar-refractivity contribution >= 4 is 23.5 Å². The predicted octanol–water partition coefficient (Wildman–Crippen LogP) is 2.40. The van der Waals surface area contributed by atoms with Gasteiger partial charge in [-0.25, -0.2) is 0 Å². The number of thiocarbonyl (C=S) groups is 1. The monoisotopic (exact) mass is 175 g/mol. The quantitative estimate of drug-likeness (QED) is 0.425. The second kappa shape index (κ2) is 4.60. The maximum atomic E-state index is 6.92. The van der Waals surface area contributed by atoms with Crippen molar-refractivity contribution in [3.8, 4) is 0 Å². The summed E-state index contributed by atoms with van der Waals surface area (Å²) in [4.78, 5) is 0. The lowest BCUT2D eigenvalue weighted by Crippen LogP contribution is -1.90. The third-order valence-electron chi connectivity index (χ3n) is 1.54. The van der Waals surface area contributed by atoms with Crippen LogP contribution in [-0.2, 0) is 6.42 Å². The van der Waals surface area contributed by atoms with Gasteiger partial charge in [-0.3, -0.25) is 5.41 Å². The number of rotatable bonds is 3. The van der Waals surface area contributed by atoms with Crippen molar-refractivity contribution in [2.45, 2.75) is 6.42 Å². The molecule has 0 aliphatic heterocycles. The molecular weight excluding hydrogens is 166 g/mol. The number of hydrogen-bond acceptors (Lipinski definition) is 2. The second-order valence-electron chi connectivity index (χ2n) is 2.43. The summed E-state index contributed by atoms with van der Waals surface area (Å²) in [5.41, 5.74) is 1.91. The van der Waals surface area contributed by atoms with Crippen LogP contribution in [0.15, 0.2) is 35.9 Å². The zero-order valence-corrected chi connectivity index (χ0v) is 7.40. The third kappa shape index (κ3) is 2.42. The van der Waals surface area contributed by atoms with Crippen molar-refractivity contribution in [3.63, 3.8) is 0 Å². The van der Waals surface area contributed by atoms with E-state index in [2.05, 4.69) is 5.87 Å². The summed E-state index contributed by atoms with van der Waals surface area (Å²) >= 11 is 4.73. The van der Waals surface area contributed by atoms with Crippen LogP contribution in [0.1, 0.15) is 5.56 Å². The molecule has 0 saturated carbocycles. The Morgan fingerprint density at radius 1 is 1.42 bits per heavy atom. The normalized spacial score (nSPS) is 8.67. The lowest BCUT2D eigenvalue weighted by molar-refractivity contribution is 1.25. The molecule has 1 aromatic rings. The van der Waals surface area contributed by atoms with Gasteiger partial charge in [-0.15, -0.1) is 0 Å². The minimum Gasteiger partial charge on any atom is -0.258 e. The van der Waals surface area contributed by atoms with Gasteiger partial charge in [0.2, 0.25) is 0 Å². The number of allylic oxidation sites excluding steroid dienone is 1. The van der Waals surface area contributed by atoms with E-state index in [-0.39, 0.29) is 0 Å². The Balaban J connectivity index is 2.77. The first kappa shape index (κ1) is 8.85. The summed E-state index contributed by atoms with van der Waals surface area (Å²) in [5, 5.41) is 8.42. The lowest BCUT2D eigenvalue weighted by Gasteiger charge is -1.96. The van der Waals surface area contributed by atoms with Crippen molar-refractivity contribution in [2.75, 3.05) is 0 Å². The van der Waals surface area contributed by atoms with Gasteiger partial charge in [-0.2, -0.15) is 0 Å². The Morgan fingerprint density at radius 2 is 2.08 bits per heavy atom. The molecule has 0 aliphatic carbocycles. The summed E-state index contributed by atoms with van der Waals surface area (Å²) < 4.78 is 0. The molecule has 0 heterocycles. The van der Waals surface area contributed by atoms with Gasteiger partial charge in [0, 0.05) is 17.4 Å². The maximum Gasteiger partial charge on any atom is 0.0280 e. The number of benzene rings is 1. The van der Waals surface area contributed by atoms with E-state index < -0.39 is 0 Å². The Labute approximate surface area is 77.2 Å². The van der Waals surface area contributed by atoms with Crippen LogP contribution in [0, 0.1) is 5.41 Å². The largest absolute Gasteiger partial charge is 0.258 e. The van der Waals surface area contributed by atoms with Gasteiger partial charge in [0.05, 0.1) is 0 Å². The molecule has 0 radical (unpaired) electrons. The van der Waals surface area contributed by atoms with E-state index in [1.807, 2.05) is 30.3 Å². The van der Waals surface area contributed by atoms with E-state index in [4.69, 9.17) is 17.6 Å². The zero-order chi connectivity index (χ0) is 8.81. The van der Waals surface area contributed by atoms with Crippen molar-refractivity contribution in [2.24, 2.45) is 0 Å². The molecule has 0 saturated heterocycles. The minimum atomic E-state index is 0.702. The number of nitrogens with one attached hydrogen (secondary N) is 1. The van der Waals surface area contributed by atoms with Gasteiger partial charge in [0.15, 0.2) is 0 Å². The Morgan fingerprint density at radius 3 is 2.58 bits per heavy atom. The summed E-state index contributed by atoms with van der Waals surface area (Å²) in [5.74, 6) is 2.31. The Hall–Kier alpha value is -1.24. The molecule has 12 heavy (non-hydrogen) atoms. The first-order chi connectivity index (χ1) is 5.86. The molecule has 60 valence electrons. The highest BCUT2D eigenvalue weighted by Crippen LogP contribution is 2.03. The second-order valence-corrected chi connectivity index (χ2v) is 2.67. The van der Waals surface area contributed by atoms with Crippen LogP contribution in [0.25, 0.3) is 0 Å². The summed E-state index contributed by atoms with van der Waals surface area (Å²) in [6, 6.07) is 9.93. The van der Waals surface area contributed by atoms with Crippen molar-refractivity contribution in [1.29, 1.82) is 5.41 Å². The smallest absolute Gasteiger partial charge is 0.0280 e. The summed E-state index contributed by atoms with van der Waals surface area (Å²) in [6.45, 7) is 0. The molecule has 0 atom stereocenters. The first-order valence-electron chi connectivity index (χ1n) is 3.64. The van der Waals surface area contributed by atoms with Crippen LogP contribution in [-0.4, -0.2) is 11.2 Å². The van der Waals surface area contributed by atoms with E-state index in [9.17, 15) is 0 Å². The van der Waals surface area contributed by atoms with E-state index in [1.54, 1.807) is 0 Å². The van der Waals surface area contributed by atoms with E-state index >= 15 is 0 Å². The highest BCUT2D eigenvalue weighted by Gasteiger charge is 1.93. The van der Waals surface area contributed by atoms with E-state index in [0.717, 1.165) is 11.1 Å². The molecule has 0 unspecified atom stereocenters. The SMILES string of the molecule is N=C=C(C=S)Cc1ccccc1. The van der Waals surface area contributed by atoms with Gasteiger partial charge in [0.25, 0.3) is 0 Å². The molecule has 0 amide bonds. The topological polar surface area (TPSA) is 23.9 Å². The predicted molar refractivity (Wildman–Crippen MR) is 55.0 cm³/mol. The highest BCUT2D eigenvalue weighted by molar-refractivity contribution is 7.79. The summed E-state index contributed by atoms with van der Waals surface area (Å²) in [6.07, 6.45) is 0.702. The first-order valence-corrected chi connectivity index (χ1v) is 4.11. The van der Waals surface area contributed by atoms with Gasteiger partial charge < -0.3 is 0 Å². The third-order valence-corrected chi connectivity index (χ3v) is 1.82. The van der Waals surface area contributed by atoms with Crippen LogP contribution in [0.4, 0.5) is 0 Å². The Kier molecular flexibility index (Phi) is 3.39.